The summed E-state index contributed by atoms with van der Waals surface area (Å²) in [6, 6.07) is 11.4. The zero-order valence-electron chi connectivity index (χ0n) is 27.3. The van der Waals surface area contributed by atoms with E-state index in [0.717, 1.165) is 55.9 Å². The fraction of sp³-hybridized carbons (Fsp3) is 0.441. The number of urea groups is 1. The number of hydrogen-bond donors (Lipinski definition) is 3. The van der Waals surface area contributed by atoms with Crippen molar-refractivity contribution in [3.8, 4) is 11.6 Å². The second kappa shape index (κ2) is 14.9. The molecule has 2 aromatic carbocycles. The lowest BCUT2D eigenvalue weighted by Gasteiger charge is -2.41. The average molecular weight is 685 g/mol. The number of nitrogens with one attached hydrogen (secondary N) is 2. The average Bonchev–Trinajstić information content (AvgIpc) is 2.99. The van der Waals surface area contributed by atoms with Crippen LogP contribution in [0.25, 0.3) is 0 Å². The van der Waals surface area contributed by atoms with Gasteiger partial charge in [0, 0.05) is 50.0 Å². The number of primary amides is 1. The number of benzene rings is 2. The number of nitrogens with two attached hydrogens (primary N) is 1. The Labute approximate surface area is 279 Å². The van der Waals surface area contributed by atoms with Gasteiger partial charge in [-0.25, -0.2) is 27.0 Å². The molecule has 3 aromatic rings. The number of carbonyl (C=O) groups is 2. The summed E-state index contributed by atoms with van der Waals surface area (Å²) in [4.78, 5) is 34.0. The Morgan fingerprint density at radius 1 is 1.04 bits per heavy atom. The molecule has 2 heterocycles. The number of anilines is 2. The Hall–Kier alpha value is -4.30. The first-order valence-corrected chi connectivity index (χ1v) is 18.0. The molecule has 0 bridgehead atoms. The van der Waals surface area contributed by atoms with Crippen LogP contribution in [0.1, 0.15) is 73.5 Å². The summed E-state index contributed by atoms with van der Waals surface area (Å²) in [5.74, 6) is -1.64. The molecule has 2 fully saturated rings. The molecular formula is C34H42F2N6O5S. The van der Waals surface area contributed by atoms with Gasteiger partial charge < -0.3 is 20.7 Å². The minimum absolute atomic E-state index is 0.0709. The molecule has 2 aliphatic rings. The van der Waals surface area contributed by atoms with Gasteiger partial charge in [-0.3, -0.25) is 14.4 Å². The Morgan fingerprint density at radius 3 is 2.31 bits per heavy atom. The van der Waals surface area contributed by atoms with Crippen molar-refractivity contribution in [3.63, 3.8) is 0 Å². The molecular weight excluding hydrogens is 642 g/mol. The van der Waals surface area contributed by atoms with Crippen molar-refractivity contribution in [2.24, 2.45) is 11.7 Å². The number of amides is 3. The maximum atomic E-state index is 14.6. The molecule has 1 saturated heterocycles. The van der Waals surface area contributed by atoms with E-state index in [1.165, 1.54) is 0 Å². The summed E-state index contributed by atoms with van der Waals surface area (Å²) in [5, 5.41) is 2.57. The molecule has 11 nitrogen and oxygen atoms in total. The van der Waals surface area contributed by atoms with Crippen molar-refractivity contribution in [3.05, 3.63) is 77.0 Å². The Balaban J connectivity index is 1.22. The van der Waals surface area contributed by atoms with Crippen molar-refractivity contribution < 1.29 is 31.5 Å². The molecule has 258 valence electrons. The second-order valence-electron chi connectivity index (χ2n) is 12.9. The van der Waals surface area contributed by atoms with Crippen LogP contribution in [0, 0.1) is 17.6 Å². The first-order valence-electron chi connectivity index (χ1n) is 16.1. The van der Waals surface area contributed by atoms with Crippen LogP contribution in [-0.2, 0) is 16.6 Å². The van der Waals surface area contributed by atoms with E-state index in [-0.39, 0.29) is 17.6 Å². The normalized spacial score (nSPS) is 16.0. The van der Waals surface area contributed by atoms with Gasteiger partial charge in [-0.2, -0.15) is 0 Å². The van der Waals surface area contributed by atoms with Crippen molar-refractivity contribution in [1.82, 2.24) is 14.8 Å². The van der Waals surface area contributed by atoms with Crippen molar-refractivity contribution in [1.29, 1.82) is 0 Å². The van der Waals surface area contributed by atoms with Crippen molar-refractivity contribution in [2.45, 2.75) is 64.5 Å². The van der Waals surface area contributed by atoms with Crippen LogP contribution < -0.4 is 20.5 Å². The lowest BCUT2D eigenvalue weighted by molar-refractivity contribution is 0.0994. The molecule has 1 aliphatic carbocycles. The van der Waals surface area contributed by atoms with Gasteiger partial charge in [0.25, 0.3) is 5.91 Å². The van der Waals surface area contributed by atoms with Gasteiger partial charge in [-0.05, 0) is 73.4 Å². The van der Waals surface area contributed by atoms with E-state index in [2.05, 4.69) is 28.8 Å². The van der Waals surface area contributed by atoms with E-state index < -0.39 is 39.2 Å². The van der Waals surface area contributed by atoms with Gasteiger partial charge in [0.1, 0.15) is 17.4 Å². The number of ether oxygens (including phenoxy) is 1. The topological polar surface area (TPSA) is 147 Å². The van der Waals surface area contributed by atoms with Gasteiger partial charge in [0.05, 0.1) is 23.2 Å². The zero-order chi connectivity index (χ0) is 34.6. The van der Waals surface area contributed by atoms with Crippen LogP contribution in [0.2, 0.25) is 0 Å². The molecule has 3 amide bonds. The van der Waals surface area contributed by atoms with Gasteiger partial charge >= 0.3 is 6.03 Å². The lowest BCUT2D eigenvalue weighted by atomic mass is 9.84. The fourth-order valence-corrected chi connectivity index (χ4v) is 6.67. The number of likely N-dealkylation sites (tertiary alicyclic amines) is 1. The third-order valence-corrected chi connectivity index (χ3v) is 9.42. The number of rotatable bonds is 12. The standard InChI is InChI=1S/C34H42F2N6O5S/c1-21(2)32-23(7-12-31(39-32)47-26-10-8-24(9-11-26)40-48(3,45)46)20-41-15-13-25(14-16-41)42(19-22-5-4-6-22)34(44)38-30-17-27(33(37)43)28(35)18-29(30)36/h7-12,17-18,21-22,25,40H,4-6,13-16,19-20H2,1-3H3,(H2,37,43)(H,38,44). The number of aromatic nitrogens is 1. The number of hydrogen-bond acceptors (Lipinski definition) is 7. The maximum absolute atomic E-state index is 14.6. The number of halogens is 2. The van der Waals surface area contributed by atoms with E-state index in [1.807, 2.05) is 12.1 Å². The van der Waals surface area contributed by atoms with Crippen LogP contribution in [0.5, 0.6) is 11.6 Å². The van der Waals surface area contributed by atoms with Crippen LogP contribution in [-0.4, -0.2) is 67.1 Å². The first-order chi connectivity index (χ1) is 22.8. The van der Waals surface area contributed by atoms with Crippen LogP contribution in [0.3, 0.4) is 0 Å². The molecule has 4 N–H and O–H groups in total. The van der Waals surface area contributed by atoms with Gasteiger partial charge in [0.2, 0.25) is 15.9 Å². The molecule has 0 atom stereocenters. The predicted octanol–water partition coefficient (Wildman–Crippen LogP) is 6.04. The first kappa shape index (κ1) is 35.0. The SMILES string of the molecule is CC(C)c1nc(Oc2ccc(NS(C)(=O)=O)cc2)ccc1CN1CCC(N(CC2CCC2)C(=O)Nc2cc(C(N)=O)c(F)cc2F)CC1. The number of pyridine rings is 1. The van der Waals surface area contributed by atoms with E-state index in [0.29, 0.717) is 55.2 Å². The van der Waals surface area contributed by atoms with Gasteiger partial charge in [-0.1, -0.05) is 26.3 Å². The van der Waals surface area contributed by atoms with E-state index >= 15 is 0 Å². The van der Waals surface area contributed by atoms with Crippen LogP contribution >= 0.6 is 0 Å². The monoisotopic (exact) mass is 684 g/mol. The van der Waals surface area contributed by atoms with Crippen LogP contribution in [0.15, 0.2) is 48.5 Å². The molecule has 1 aromatic heterocycles. The third kappa shape index (κ3) is 8.98. The highest BCUT2D eigenvalue weighted by Crippen LogP contribution is 2.31. The van der Waals surface area contributed by atoms with Crippen LogP contribution in [0.4, 0.5) is 25.0 Å². The highest BCUT2D eigenvalue weighted by molar-refractivity contribution is 7.92. The summed E-state index contributed by atoms with van der Waals surface area (Å²) < 4.78 is 60.0. The van der Waals surface area contributed by atoms with E-state index in [9.17, 15) is 26.8 Å². The molecule has 1 saturated carbocycles. The van der Waals surface area contributed by atoms with Gasteiger partial charge in [0.15, 0.2) is 0 Å². The van der Waals surface area contributed by atoms with Crippen molar-refractivity contribution >= 4 is 33.3 Å². The number of piperidine rings is 1. The molecule has 14 heteroatoms. The number of sulfonamides is 1. The molecule has 48 heavy (non-hydrogen) atoms. The smallest absolute Gasteiger partial charge is 0.322 e. The zero-order valence-corrected chi connectivity index (χ0v) is 28.2. The summed E-state index contributed by atoms with van der Waals surface area (Å²) >= 11 is 0. The molecule has 0 unspecified atom stereocenters. The Kier molecular flexibility index (Phi) is 10.8. The lowest BCUT2D eigenvalue weighted by Crippen LogP contribution is -2.51. The van der Waals surface area contributed by atoms with E-state index in [1.54, 1.807) is 29.2 Å². The highest BCUT2D eigenvalue weighted by atomic mass is 32.2. The third-order valence-electron chi connectivity index (χ3n) is 8.81. The Morgan fingerprint density at radius 2 is 1.73 bits per heavy atom. The minimum atomic E-state index is -3.38. The highest BCUT2D eigenvalue weighted by Gasteiger charge is 2.32. The quantitative estimate of drug-likeness (QED) is 0.211. The molecule has 0 radical (unpaired) electrons. The van der Waals surface area contributed by atoms with Gasteiger partial charge in [-0.15, -0.1) is 0 Å². The maximum Gasteiger partial charge on any atom is 0.322 e. The minimum Gasteiger partial charge on any atom is -0.439 e. The predicted molar refractivity (Wildman–Crippen MR) is 180 cm³/mol. The summed E-state index contributed by atoms with van der Waals surface area (Å²) in [6.07, 6.45) is 5.68. The Bertz CT molecular complexity index is 1740. The summed E-state index contributed by atoms with van der Waals surface area (Å²) in [5.41, 5.74) is 6.88. The molecule has 0 spiro atoms. The van der Waals surface area contributed by atoms with Crippen molar-refractivity contribution in [2.75, 3.05) is 35.9 Å². The largest absolute Gasteiger partial charge is 0.439 e. The van der Waals surface area contributed by atoms with E-state index in [4.69, 9.17) is 15.5 Å². The summed E-state index contributed by atoms with van der Waals surface area (Å²) in [6.45, 7) is 6.83. The summed E-state index contributed by atoms with van der Waals surface area (Å²) in [7, 11) is -3.38. The number of nitrogens with zero attached hydrogens (tertiary/aromatic N) is 3. The molecule has 5 rings (SSSR count). The fourth-order valence-electron chi connectivity index (χ4n) is 6.10. The second-order valence-corrected chi connectivity index (χ2v) is 14.7. The molecule has 1 aliphatic heterocycles. The number of carbonyl (C=O) groups excluding carboxylic acids is 2.